The predicted octanol–water partition coefficient (Wildman–Crippen LogP) is 5.23. The van der Waals surface area contributed by atoms with E-state index in [1.54, 1.807) is 36.9 Å². The first-order chi connectivity index (χ1) is 13.3. The van der Waals surface area contributed by atoms with E-state index in [1.807, 2.05) is 41.1 Å². The largest absolute Gasteiger partial charge is 0.497 e. The maximum absolute atomic E-state index is 5.70. The second-order valence-corrected chi connectivity index (χ2v) is 8.08. The SMILES string of the molecule is COc1ccc(-c2nc(CSc3nnc(-c4cccs4)o3)cs2)c(OC)c1. The van der Waals surface area contributed by atoms with E-state index in [1.165, 1.54) is 11.8 Å². The highest BCUT2D eigenvalue weighted by molar-refractivity contribution is 7.98. The van der Waals surface area contributed by atoms with Crippen molar-refractivity contribution in [2.24, 2.45) is 0 Å². The number of thiophene rings is 1. The molecule has 6 nitrogen and oxygen atoms in total. The number of ether oxygens (including phenoxy) is 2. The Bertz CT molecular complexity index is 1030. The third-order valence-corrected chi connectivity index (χ3v) is 6.31. The van der Waals surface area contributed by atoms with E-state index in [0.717, 1.165) is 32.6 Å². The van der Waals surface area contributed by atoms with Crippen molar-refractivity contribution in [3.05, 3.63) is 46.8 Å². The van der Waals surface area contributed by atoms with Crippen molar-refractivity contribution in [3.63, 3.8) is 0 Å². The third kappa shape index (κ3) is 4.00. The molecule has 0 radical (unpaired) electrons. The molecule has 9 heteroatoms. The van der Waals surface area contributed by atoms with Crippen molar-refractivity contribution in [2.45, 2.75) is 11.0 Å². The van der Waals surface area contributed by atoms with Crippen LogP contribution in [0.5, 0.6) is 11.5 Å². The maximum Gasteiger partial charge on any atom is 0.277 e. The lowest BCUT2D eigenvalue weighted by molar-refractivity contribution is 0.395. The van der Waals surface area contributed by atoms with Gasteiger partial charge in [0.25, 0.3) is 11.1 Å². The summed E-state index contributed by atoms with van der Waals surface area (Å²) >= 11 is 4.62. The number of hydrogen-bond acceptors (Lipinski definition) is 9. The van der Waals surface area contributed by atoms with E-state index in [4.69, 9.17) is 18.9 Å². The van der Waals surface area contributed by atoms with E-state index >= 15 is 0 Å². The van der Waals surface area contributed by atoms with Gasteiger partial charge in [0.2, 0.25) is 0 Å². The van der Waals surface area contributed by atoms with Crippen LogP contribution in [-0.2, 0) is 5.75 Å². The number of benzene rings is 1. The van der Waals surface area contributed by atoms with Crippen LogP contribution in [0.4, 0.5) is 0 Å². The van der Waals surface area contributed by atoms with Crippen LogP contribution in [0.1, 0.15) is 5.69 Å². The zero-order chi connectivity index (χ0) is 18.6. The number of methoxy groups -OCH3 is 2. The van der Waals surface area contributed by atoms with Gasteiger partial charge in [0.05, 0.1) is 30.4 Å². The van der Waals surface area contributed by atoms with E-state index in [9.17, 15) is 0 Å². The van der Waals surface area contributed by atoms with Gasteiger partial charge in [-0.15, -0.1) is 32.9 Å². The molecule has 0 amide bonds. The third-order valence-electron chi connectivity index (χ3n) is 3.67. The second kappa shape index (κ2) is 8.12. The van der Waals surface area contributed by atoms with Crippen molar-refractivity contribution in [2.75, 3.05) is 14.2 Å². The van der Waals surface area contributed by atoms with E-state index in [-0.39, 0.29) is 0 Å². The monoisotopic (exact) mass is 417 g/mol. The highest BCUT2D eigenvalue weighted by Gasteiger charge is 2.14. The number of thiazole rings is 1. The molecule has 3 heterocycles. The van der Waals surface area contributed by atoms with Gasteiger partial charge in [0, 0.05) is 17.2 Å². The molecule has 0 saturated carbocycles. The maximum atomic E-state index is 5.70. The van der Waals surface area contributed by atoms with E-state index in [2.05, 4.69) is 10.2 Å². The van der Waals surface area contributed by atoms with E-state index in [0.29, 0.717) is 16.9 Å². The summed E-state index contributed by atoms with van der Waals surface area (Å²) in [5.74, 6) is 2.69. The molecule has 138 valence electrons. The molecule has 0 spiro atoms. The number of hydrogen-bond donors (Lipinski definition) is 0. The molecule has 3 aromatic heterocycles. The van der Waals surface area contributed by atoms with E-state index < -0.39 is 0 Å². The van der Waals surface area contributed by atoms with Crippen molar-refractivity contribution >= 4 is 34.4 Å². The fourth-order valence-electron chi connectivity index (χ4n) is 2.38. The van der Waals surface area contributed by atoms with Crippen LogP contribution in [0.25, 0.3) is 21.3 Å². The summed E-state index contributed by atoms with van der Waals surface area (Å²) in [4.78, 5) is 5.67. The summed E-state index contributed by atoms with van der Waals surface area (Å²) in [6.07, 6.45) is 0. The molecule has 0 aliphatic heterocycles. The minimum absolute atomic E-state index is 0.537. The second-order valence-electron chi connectivity index (χ2n) is 5.35. The molecule has 0 unspecified atom stereocenters. The lowest BCUT2D eigenvalue weighted by Crippen LogP contribution is -1.90. The molecule has 0 aliphatic rings. The highest BCUT2D eigenvalue weighted by atomic mass is 32.2. The lowest BCUT2D eigenvalue weighted by Gasteiger charge is -2.08. The van der Waals surface area contributed by atoms with Crippen LogP contribution in [0, 0.1) is 0 Å². The van der Waals surface area contributed by atoms with Gasteiger partial charge in [0.15, 0.2) is 0 Å². The highest BCUT2D eigenvalue weighted by Crippen LogP contribution is 2.36. The quantitative estimate of drug-likeness (QED) is 0.381. The van der Waals surface area contributed by atoms with Crippen molar-refractivity contribution in [1.29, 1.82) is 0 Å². The van der Waals surface area contributed by atoms with Gasteiger partial charge < -0.3 is 13.9 Å². The predicted molar refractivity (Wildman–Crippen MR) is 108 cm³/mol. The van der Waals surface area contributed by atoms with Gasteiger partial charge in [-0.2, -0.15) is 0 Å². The Labute approximate surface area is 168 Å². The fraction of sp³-hybridized carbons (Fsp3) is 0.167. The molecule has 1 aromatic carbocycles. The molecule has 0 fully saturated rings. The van der Waals surface area contributed by atoms with Crippen molar-refractivity contribution in [1.82, 2.24) is 15.2 Å². The van der Waals surface area contributed by atoms with Crippen LogP contribution in [0.3, 0.4) is 0 Å². The summed E-state index contributed by atoms with van der Waals surface area (Å²) in [6.45, 7) is 0. The van der Waals surface area contributed by atoms with Crippen LogP contribution >= 0.6 is 34.4 Å². The Hall–Kier alpha value is -2.36. The van der Waals surface area contributed by atoms with Gasteiger partial charge in [-0.25, -0.2) is 4.98 Å². The fourth-order valence-corrected chi connectivity index (χ4v) is 4.63. The van der Waals surface area contributed by atoms with Crippen molar-refractivity contribution in [3.8, 4) is 32.8 Å². The zero-order valence-corrected chi connectivity index (χ0v) is 17.0. The first-order valence-electron chi connectivity index (χ1n) is 7.94. The Balaban J connectivity index is 1.46. The molecule has 0 bridgehead atoms. The van der Waals surface area contributed by atoms with Gasteiger partial charge in [-0.1, -0.05) is 17.8 Å². The average molecular weight is 418 g/mol. The van der Waals surface area contributed by atoms with Crippen molar-refractivity contribution < 1.29 is 13.9 Å². The molecular formula is C18H15N3O3S3. The first-order valence-corrected chi connectivity index (χ1v) is 10.7. The molecule has 27 heavy (non-hydrogen) atoms. The number of nitrogens with zero attached hydrogens (tertiary/aromatic N) is 3. The van der Waals surface area contributed by atoms with Crippen LogP contribution in [0.15, 0.2) is 50.7 Å². The molecule has 0 N–H and O–H groups in total. The van der Waals surface area contributed by atoms with Crippen LogP contribution in [-0.4, -0.2) is 29.4 Å². The molecule has 4 aromatic rings. The summed E-state index contributed by atoms with van der Waals surface area (Å²) < 4.78 is 16.4. The Morgan fingerprint density at radius 2 is 2.04 bits per heavy atom. The smallest absolute Gasteiger partial charge is 0.277 e. The Morgan fingerprint density at radius 3 is 2.81 bits per heavy atom. The summed E-state index contributed by atoms with van der Waals surface area (Å²) in [5, 5.41) is 13.6. The minimum atomic E-state index is 0.537. The Kier molecular flexibility index (Phi) is 5.42. The standard InChI is InChI=1S/C18H15N3O3S3/c1-22-12-5-6-13(14(8-12)23-2)17-19-11(9-26-17)10-27-18-21-20-16(24-18)15-4-3-7-25-15/h3-9H,10H2,1-2H3. The molecular weight excluding hydrogens is 402 g/mol. The Morgan fingerprint density at radius 1 is 1.11 bits per heavy atom. The number of thioether (sulfide) groups is 1. The molecule has 4 rings (SSSR count). The summed E-state index contributed by atoms with van der Waals surface area (Å²) in [6, 6.07) is 9.63. The molecule has 0 atom stereocenters. The zero-order valence-electron chi connectivity index (χ0n) is 14.5. The normalized spacial score (nSPS) is 10.9. The topological polar surface area (TPSA) is 70.3 Å². The first kappa shape index (κ1) is 18.0. The van der Waals surface area contributed by atoms with Gasteiger partial charge >= 0.3 is 0 Å². The molecule has 0 aliphatic carbocycles. The van der Waals surface area contributed by atoms with Gasteiger partial charge in [-0.3, -0.25) is 0 Å². The van der Waals surface area contributed by atoms with Gasteiger partial charge in [-0.05, 0) is 23.6 Å². The molecule has 0 saturated heterocycles. The minimum Gasteiger partial charge on any atom is -0.497 e. The summed E-state index contributed by atoms with van der Waals surface area (Å²) in [7, 11) is 3.28. The lowest BCUT2D eigenvalue weighted by atomic mass is 10.2. The van der Waals surface area contributed by atoms with Crippen LogP contribution < -0.4 is 9.47 Å². The number of aromatic nitrogens is 3. The average Bonchev–Trinajstić information content (AvgIpc) is 3.47. The summed E-state index contributed by atoms with van der Waals surface area (Å²) in [5.41, 5.74) is 1.89. The van der Waals surface area contributed by atoms with Gasteiger partial charge in [0.1, 0.15) is 16.5 Å². The number of rotatable bonds is 7. The van der Waals surface area contributed by atoms with Crippen LogP contribution in [0.2, 0.25) is 0 Å².